The van der Waals surface area contributed by atoms with Crippen molar-refractivity contribution in [2.45, 2.75) is 39.3 Å². The molecule has 3 aromatic rings. The molecule has 2 aromatic carbocycles. The van der Waals surface area contributed by atoms with Gasteiger partial charge >= 0.3 is 0 Å². The first kappa shape index (κ1) is 26.7. The minimum absolute atomic E-state index is 0.00570. The van der Waals surface area contributed by atoms with Crippen molar-refractivity contribution in [2.75, 3.05) is 20.3 Å². The van der Waals surface area contributed by atoms with Crippen LogP contribution in [0.1, 0.15) is 49.4 Å². The quantitative estimate of drug-likeness (QED) is 0.160. The number of likely N-dealkylation sites (tertiary alicyclic amines) is 1. The Balaban J connectivity index is 1.83. The van der Waals surface area contributed by atoms with E-state index in [0.717, 1.165) is 18.4 Å². The van der Waals surface area contributed by atoms with Gasteiger partial charge in [-0.1, -0.05) is 25.5 Å². The van der Waals surface area contributed by atoms with Gasteiger partial charge in [0.2, 0.25) is 0 Å². The van der Waals surface area contributed by atoms with E-state index in [9.17, 15) is 14.7 Å². The first-order valence-electron chi connectivity index (χ1n) is 12.7. The predicted molar refractivity (Wildman–Crippen MR) is 143 cm³/mol. The van der Waals surface area contributed by atoms with Crippen molar-refractivity contribution in [3.63, 3.8) is 0 Å². The number of ketones is 1. The topological polar surface area (TPSA) is 98.2 Å². The molecule has 1 aliphatic rings. The minimum Gasteiger partial charge on any atom is -0.507 e. The number of Topliss-reactive ketones (excluding diaryl/α,β-unsaturated/α-hetero) is 1. The van der Waals surface area contributed by atoms with Crippen LogP contribution in [0, 0.1) is 0 Å². The van der Waals surface area contributed by atoms with E-state index < -0.39 is 17.7 Å². The van der Waals surface area contributed by atoms with Crippen molar-refractivity contribution in [3.05, 3.63) is 89.3 Å². The Labute approximate surface area is 222 Å². The summed E-state index contributed by atoms with van der Waals surface area (Å²) >= 11 is 0. The third-order valence-corrected chi connectivity index (χ3v) is 6.32. The van der Waals surface area contributed by atoms with E-state index in [-0.39, 0.29) is 17.9 Å². The normalized spacial score (nSPS) is 16.5. The standard InChI is InChI=1S/C30H32N2O6/c1-4-6-16-38-24-14-11-22(17-25(24)37-5-2)27-26(28(33)21-9-12-23(36-3)13-10-21)29(34)30(35)32(27)19-20-8-7-15-31-18-20/h7-15,17-18,27,33H,4-6,16,19H2,1-3H3. The van der Waals surface area contributed by atoms with Crippen LogP contribution in [0.15, 0.2) is 72.6 Å². The van der Waals surface area contributed by atoms with E-state index >= 15 is 0 Å². The van der Waals surface area contributed by atoms with Crippen molar-refractivity contribution in [1.82, 2.24) is 9.88 Å². The van der Waals surface area contributed by atoms with E-state index in [1.165, 1.54) is 4.90 Å². The number of aliphatic hydroxyl groups is 1. The molecule has 0 spiro atoms. The van der Waals surface area contributed by atoms with Gasteiger partial charge in [0.15, 0.2) is 11.5 Å². The van der Waals surface area contributed by atoms with Crippen LogP contribution in [0.4, 0.5) is 0 Å². The van der Waals surface area contributed by atoms with Gasteiger partial charge in [0.05, 0.1) is 31.9 Å². The molecule has 1 N–H and O–H groups in total. The van der Waals surface area contributed by atoms with Crippen molar-refractivity contribution in [2.24, 2.45) is 0 Å². The second kappa shape index (κ2) is 12.3. The Morgan fingerprint density at radius 3 is 2.47 bits per heavy atom. The molecule has 0 saturated carbocycles. The maximum Gasteiger partial charge on any atom is 0.295 e. The lowest BCUT2D eigenvalue weighted by molar-refractivity contribution is -0.140. The van der Waals surface area contributed by atoms with E-state index in [0.29, 0.717) is 41.6 Å². The summed E-state index contributed by atoms with van der Waals surface area (Å²) in [6.45, 7) is 5.06. The summed E-state index contributed by atoms with van der Waals surface area (Å²) < 4.78 is 17.0. The highest BCUT2D eigenvalue weighted by atomic mass is 16.5. The zero-order valence-electron chi connectivity index (χ0n) is 21.8. The van der Waals surface area contributed by atoms with Crippen LogP contribution in [-0.2, 0) is 16.1 Å². The number of hydrogen-bond donors (Lipinski definition) is 1. The number of aliphatic hydroxyl groups excluding tert-OH is 1. The van der Waals surface area contributed by atoms with Gasteiger partial charge in [0.25, 0.3) is 11.7 Å². The molecule has 0 bridgehead atoms. The average molecular weight is 517 g/mol. The summed E-state index contributed by atoms with van der Waals surface area (Å²) in [4.78, 5) is 32.3. The lowest BCUT2D eigenvalue weighted by Crippen LogP contribution is -2.29. The second-order valence-corrected chi connectivity index (χ2v) is 8.86. The average Bonchev–Trinajstić information content (AvgIpc) is 3.19. The highest BCUT2D eigenvalue weighted by Crippen LogP contribution is 2.43. The van der Waals surface area contributed by atoms with Crippen molar-refractivity contribution in [3.8, 4) is 17.2 Å². The third kappa shape index (κ3) is 5.64. The lowest BCUT2D eigenvalue weighted by atomic mass is 9.94. The van der Waals surface area contributed by atoms with Crippen LogP contribution in [0.2, 0.25) is 0 Å². The Morgan fingerprint density at radius 1 is 1.03 bits per heavy atom. The number of carbonyl (C=O) groups is 2. The zero-order chi connectivity index (χ0) is 27.1. The summed E-state index contributed by atoms with van der Waals surface area (Å²) in [5.74, 6) is -0.00871. The van der Waals surface area contributed by atoms with Crippen LogP contribution >= 0.6 is 0 Å². The second-order valence-electron chi connectivity index (χ2n) is 8.86. The van der Waals surface area contributed by atoms with Gasteiger partial charge in [0.1, 0.15) is 11.5 Å². The highest BCUT2D eigenvalue weighted by molar-refractivity contribution is 6.46. The first-order chi connectivity index (χ1) is 18.5. The van der Waals surface area contributed by atoms with Gasteiger partial charge in [0, 0.05) is 24.5 Å². The van der Waals surface area contributed by atoms with E-state index in [2.05, 4.69) is 11.9 Å². The van der Waals surface area contributed by atoms with Gasteiger partial charge in [-0.15, -0.1) is 0 Å². The molecule has 8 nitrogen and oxygen atoms in total. The number of benzene rings is 2. The smallest absolute Gasteiger partial charge is 0.295 e. The molecule has 2 heterocycles. The largest absolute Gasteiger partial charge is 0.507 e. The van der Waals surface area contributed by atoms with Crippen LogP contribution < -0.4 is 14.2 Å². The number of methoxy groups -OCH3 is 1. The molecular weight excluding hydrogens is 484 g/mol. The van der Waals surface area contributed by atoms with Crippen LogP contribution in [0.3, 0.4) is 0 Å². The molecule has 1 amide bonds. The fraction of sp³-hybridized carbons (Fsp3) is 0.300. The predicted octanol–water partition coefficient (Wildman–Crippen LogP) is 5.29. The van der Waals surface area contributed by atoms with E-state index in [4.69, 9.17) is 14.2 Å². The summed E-state index contributed by atoms with van der Waals surface area (Å²) in [5, 5.41) is 11.3. The van der Waals surface area contributed by atoms with Crippen LogP contribution in [0.25, 0.3) is 5.76 Å². The Bertz CT molecular complexity index is 1300. The van der Waals surface area contributed by atoms with Gasteiger partial charge in [-0.2, -0.15) is 0 Å². The number of unbranched alkanes of at least 4 members (excludes halogenated alkanes) is 1. The molecular formula is C30H32N2O6. The van der Waals surface area contributed by atoms with Crippen molar-refractivity contribution < 1.29 is 28.9 Å². The number of amides is 1. The number of pyridine rings is 1. The number of hydrogen-bond acceptors (Lipinski definition) is 7. The number of rotatable bonds is 11. The van der Waals surface area contributed by atoms with Crippen LogP contribution in [-0.4, -0.2) is 47.0 Å². The van der Waals surface area contributed by atoms with Crippen LogP contribution in [0.5, 0.6) is 17.2 Å². The summed E-state index contributed by atoms with van der Waals surface area (Å²) in [6, 6.07) is 14.8. The highest BCUT2D eigenvalue weighted by Gasteiger charge is 2.46. The molecule has 1 aromatic heterocycles. The fourth-order valence-electron chi connectivity index (χ4n) is 4.39. The molecule has 4 rings (SSSR count). The molecule has 1 unspecified atom stereocenters. The zero-order valence-corrected chi connectivity index (χ0v) is 21.8. The van der Waals surface area contributed by atoms with Gasteiger partial charge in [-0.25, -0.2) is 0 Å². The number of ether oxygens (including phenoxy) is 3. The number of nitrogens with zero attached hydrogens (tertiary/aromatic N) is 2. The Kier molecular flexibility index (Phi) is 8.63. The van der Waals surface area contributed by atoms with E-state index in [1.54, 1.807) is 68.0 Å². The molecule has 1 atom stereocenters. The first-order valence-corrected chi connectivity index (χ1v) is 12.7. The summed E-state index contributed by atoms with van der Waals surface area (Å²) in [5.41, 5.74) is 1.79. The van der Waals surface area contributed by atoms with Gasteiger partial charge in [-0.3, -0.25) is 14.6 Å². The molecule has 1 aliphatic heterocycles. The Hall–Kier alpha value is -4.33. The van der Waals surface area contributed by atoms with E-state index in [1.807, 2.05) is 13.0 Å². The number of aromatic nitrogens is 1. The Morgan fingerprint density at radius 2 is 1.82 bits per heavy atom. The maximum atomic E-state index is 13.4. The van der Waals surface area contributed by atoms with Crippen molar-refractivity contribution >= 4 is 17.4 Å². The number of carbonyl (C=O) groups excluding carboxylic acids is 2. The SMILES string of the molecule is CCCCOc1ccc(C2C(=C(O)c3ccc(OC)cc3)C(=O)C(=O)N2Cc2cccnc2)cc1OCC. The van der Waals surface area contributed by atoms with Gasteiger partial charge in [-0.05, 0) is 66.9 Å². The molecule has 198 valence electrons. The maximum absolute atomic E-state index is 13.4. The summed E-state index contributed by atoms with van der Waals surface area (Å²) in [6.07, 6.45) is 5.19. The lowest BCUT2D eigenvalue weighted by Gasteiger charge is -2.26. The molecule has 1 fully saturated rings. The van der Waals surface area contributed by atoms with Crippen molar-refractivity contribution in [1.29, 1.82) is 0 Å². The summed E-state index contributed by atoms with van der Waals surface area (Å²) in [7, 11) is 1.55. The monoisotopic (exact) mass is 516 g/mol. The molecule has 0 radical (unpaired) electrons. The fourth-order valence-corrected chi connectivity index (χ4v) is 4.39. The molecule has 8 heteroatoms. The molecule has 1 saturated heterocycles. The molecule has 0 aliphatic carbocycles. The molecule has 38 heavy (non-hydrogen) atoms. The third-order valence-electron chi connectivity index (χ3n) is 6.32. The minimum atomic E-state index is -0.846. The van der Waals surface area contributed by atoms with Gasteiger partial charge < -0.3 is 24.2 Å².